The number of primary amides is 1. The first kappa shape index (κ1) is 25.9. The Hall–Kier alpha value is -1.40. The lowest BCUT2D eigenvalue weighted by Crippen LogP contribution is -2.46. The van der Waals surface area contributed by atoms with Crippen molar-refractivity contribution in [3.63, 3.8) is 0 Å². The predicted molar refractivity (Wildman–Crippen MR) is 133 cm³/mol. The van der Waals surface area contributed by atoms with Crippen LogP contribution in [-0.2, 0) is 21.4 Å². The Morgan fingerprint density at radius 1 is 1.13 bits per heavy atom. The maximum absolute atomic E-state index is 12.8. The fraction of sp³-hybridized carbons (Fsp3) is 0.619. The predicted octanol–water partition coefficient (Wildman–Crippen LogP) is 2.14. The van der Waals surface area contributed by atoms with Crippen LogP contribution >= 0.6 is 24.0 Å². The van der Waals surface area contributed by atoms with Gasteiger partial charge in [0.15, 0.2) is 5.96 Å². The van der Waals surface area contributed by atoms with Gasteiger partial charge in [0, 0.05) is 46.2 Å². The van der Waals surface area contributed by atoms with E-state index >= 15 is 0 Å². The first-order chi connectivity index (χ1) is 14.4. The molecule has 10 heteroatoms. The van der Waals surface area contributed by atoms with E-state index in [0.29, 0.717) is 31.0 Å². The second-order valence-electron chi connectivity index (χ2n) is 8.13. The zero-order valence-corrected chi connectivity index (χ0v) is 21.3. The van der Waals surface area contributed by atoms with Crippen LogP contribution in [0.4, 0.5) is 0 Å². The molecule has 0 saturated carbocycles. The van der Waals surface area contributed by atoms with E-state index in [1.807, 2.05) is 12.1 Å². The third kappa shape index (κ3) is 7.04. The molecule has 2 aliphatic heterocycles. The number of amides is 1. The molecule has 1 atom stereocenters. The van der Waals surface area contributed by atoms with Gasteiger partial charge < -0.3 is 16.0 Å². The molecule has 3 rings (SSSR count). The maximum Gasteiger partial charge on any atom is 0.243 e. The minimum absolute atomic E-state index is 0. The molecule has 174 valence electrons. The largest absolute Gasteiger partial charge is 0.370 e. The number of sulfonamides is 1. The SMILES string of the molecule is CN=C(NCc1ccc(S(=O)(=O)N2CCCCC2)cc1)N1CCCC(CC(N)=O)C1.I. The van der Waals surface area contributed by atoms with Crippen LogP contribution in [0.25, 0.3) is 0 Å². The summed E-state index contributed by atoms with van der Waals surface area (Å²) >= 11 is 0. The van der Waals surface area contributed by atoms with Gasteiger partial charge in [-0.1, -0.05) is 18.6 Å². The topological polar surface area (TPSA) is 108 Å². The first-order valence-corrected chi connectivity index (χ1v) is 12.2. The number of aliphatic imine (C=N–C) groups is 1. The number of hydrogen-bond donors (Lipinski definition) is 2. The molecule has 2 aliphatic rings. The molecule has 3 N–H and O–H groups in total. The number of carbonyl (C=O) groups is 1. The van der Waals surface area contributed by atoms with Crippen molar-refractivity contribution < 1.29 is 13.2 Å². The lowest BCUT2D eigenvalue weighted by atomic mass is 9.95. The second kappa shape index (κ2) is 12.0. The molecule has 0 spiro atoms. The monoisotopic (exact) mass is 563 g/mol. The Balaban J connectivity index is 0.00000341. The Morgan fingerprint density at radius 2 is 1.81 bits per heavy atom. The maximum atomic E-state index is 12.8. The van der Waals surface area contributed by atoms with E-state index in [9.17, 15) is 13.2 Å². The summed E-state index contributed by atoms with van der Waals surface area (Å²) in [6.07, 6.45) is 5.36. The van der Waals surface area contributed by atoms with Crippen LogP contribution in [0, 0.1) is 5.92 Å². The molecule has 1 unspecified atom stereocenters. The minimum atomic E-state index is -3.40. The number of guanidine groups is 1. The van der Waals surface area contributed by atoms with E-state index in [1.165, 1.54) is 0 Å². The summed E-state index contributed by atoms with van der Waals surface area (Å²) < 4.78 is 27.1. The fourth-order valence-corrected chi connectivity index (χ4v) is 5.77. The summed E-state index contributed by atoms with van der Waals surface area (Å²) in [4.78, 5) is 18.1. The molecular weight excluding hydrogens is 529 g/mol. The van der Waals surface area contributed by atoms with Crippen molar-refractivity contribution in [1.29, 1.82) is 0 Å². The number of nitrogens with two attached hydrogens (primary N) is 1. The van der Waals surface area contributed by atoms with Gasteiger partial charge in [0.25, 0.3) is 0 Å². The molecule has 1 aromatic carbocycles. The number of nitrogens with one attached hydrogen (secondary N) is 1. The van der Waals surface area contributed by atoms with Crippen LogP contribution in [0.1, 0.15) is 44.1 Å². The Labute approximate surface area is 202 Å². The van der Waals surface area contributed by atoms with Gasteiger partial charge in [0.2, 0.25) is 15.9 Å². The summed E-state index contributed by atoms with van der Waals surface area (Å²) in [5.41, 5.74) is 6.34. The highest BCUT2D eigenvalue weighted by atomic mass is 127. The average Bonchev–Trinajstić information content (AvgIpc) is 2.75. The van der Waals surface area contributed by atoms with Gasteiger partial charge in [-0.25, -0.2) is 8.42 Å². The molecule has 31 heavy (non-hydrogen) atoms. The number of benzene rings is 1. The molecule has 0 aromatic heterocycles. The number of likely N-dealkylation sites (tertiary alicyclic amines) is 1. The van der Waals surface area contributed by atoms with Gasteiger partial charge >= 0.3 is 0 Å². The highest BCUT2D eigenvalue weighted by molar-refractivity contribution is 14.0. The van der Waals surface area contributed by atoms with Crippen molar-refractivity contribution in [3.8, 4) is 0 Å². The van der Waals surface area contributed by atoms with Crippen molar-refractivity contribution in [3.05, 3.63) is 29.8 Å². The van der Waals surface area contributed by atoms with Gasteiger partial charge in [-0.3, -0.25) is 9.79 Å². The number of carbonyl (C=O) groups excluding carboxylic acids is 1. The second-order valence-corrected chi connectivity index (χ2v) is 10.1. The van der Waals surface area contributed by atoms with Gasteiger partial charge in [-0.05, 0) is 49.3 Å². The highest BCUT2D eigenvalue weighted by Gasteiger charge is 2.26. The van der Waals surface area contributed by atoms with E-state index in [-0.39, 0.29) is 35.8 Å². The molecule has 2 saturated heterocycles. The summed E-state index contributed by atoms with van der Waals surface area (Å²) in [5, 5.41) is 3.35. The first-order valence-electron chi connectivity index (χ1n) is 10.7. The quantitative estimate of drug-likeness (QED) is 0.313. The summed E-state index contributed by atoms with van der Waals surface area (Å²) in [7, 11) is -1.66. The lowest BCUT2D eigenvalue weighted by Gasteiger charge is -2.34. The van der Waals surface area contributed by atoms with Gasteiger partial charge in [0.05, 0.1) is 4.90 Å². The summed E-state index contributed by atoms with van der Waals surface area (Å²) in [6, 6.07) is 7.08. The van der Waals surface area contributed by atoms with E-state index < -0.39 is 10.0 Å². The average molecular weight is 564 g/mol. The molecule has 2 fully saturated rings. The number of hydrogen-bond acceptors (Lipinski definition) is 4. The van der Waals surface area contributed by atoms with E-state index in [1.54, 1.807) is 23.5 Å². The summed E-state index contributed by atoms with van der Waals surface area (Å²) in [6.45, 7) is 3.41. The van der Waals surface area contributed by atoms with Gasteiger partial charge in [-0.15, -0.1) is 24.0 Å². The van der Waals surface area contributed by atoms with Crippen molar-refractivity contribution in [2.24, 2.45) is 16.6 Å². The van der Waals surface area contributed by atoms with Gasteiger partial charge in [-0.2, -0.15) is 4.31 Å². The molecule has 0 bridgehead atoms. The van der Waals surface area contributed by atoms with Crippen molar-refractivity contribution in [2.45, 2.75) is 50.0 Å². The number of rotatable bonds is 6. The molecule has 1 aromatic rings. The summed E-state index contributed by atoms with van der Waals surface area (Å²) in [5.74, 6) is 0.785. The zero-order chi connectivity index (χ0) is 21.6. The molecular formula is C21H34IN5O3S. The van der Waals surface area contributed by atoms with Crippen molar-refractivity contribution in [1.82, 2.24) is 14.5 Å². The smallest absolute Gasteiger partial charge is 0.243 e. The number of piperidine rings is 2. The standard InChI is InChI=1S/C21H33N5O3S.HI/c1-23-21(25-11-5-6-18(16-25)14-20(22)27)24-15-17-7-9-19(10-8-17)30(28,29)26-12-3-2-4-13-26;/h7-10,18H,2-6,11-16H2,1H3,(H2,22,27)(H,23,24);1H. The van der Waals surface area contributed by atoms with Crippen LogP contribution < -0.4 is 11.1 Å². The van der Waals surface area contributed by atoms with Crippen LogP contribution in [0.5, 0.6) is 0 Å². The third-order valence-corrected chi connectivity index (χ3v) is 7.76. The van der Waals surface area contributed by atoms with Crippen LogP contribution in [0.15, 0.2) is 34.2 Å². The zero-order valence-electron chi connectivity index (χ0n) is 18.1. The number of halogens is 1. The lowest BCUT2D eigenvalue weighted by molar-refractivity contribution is -0.119. The molecule has 8 nitrogen and oxygen atoms in total. The third-order valence-electron chi connectivity index (χ3n) is 5.85. The molecule has 1 amide bonds. The van der Waals surface area contributed by atoms with E-state index in [2.05, 4.69) is 15.2 Å². The van der Waals surface area contributed by atoms with E-state index in [0.717, 1.165) is 56.7 Å². The molecule has 2 heterocycles. The fourth-order valence-electron chi connectivity index (χ4n) is 4.26. The molecule has 0 aliphatic carbocycles. The van der Waals surface area contributed by atoms with Crippen molar-refractivity contribution in [2.75, 3.05) is 33.2 Å². The van der Waals surface area contributed by atoms with E-state index in [4.69, 9.17) is 5.73 Å². The van der Waals surface area contributed by atoms with Crippen molar-refractivity contribution >= 4 is 45.9 Å². The van der Waals surface area contributed by atoms with Crippen LogP contribution in [-0.4, -0.2) is 62.7 Å². The van der Waals surface area contributed by atoms with Gasteiger partial charge in [0.1, 0.15) is 0 Å². The Morgan fingerprint density at radius 3 is 2.42 bits per heavy atom. The van der Waals surface area contributed by atoms with Crippen LogP contribution in [0.3, 0.4) is 0 Å². The minimum Gasteiger partial charge on any atom is -0.370 e. The van der Waals surface area contributed by atoms with Crippen LogP contribution in [0.2, 0.25) is 0 Å². The Bertz CT molecular complexity index is 854. The normalized spacial score (nSPS) is 20.7. The molecule has 0 radical (unpaired) electrons. The Kier molecular flexibility index (Phi) is 10.0. The highest BCUT2D eigenvalue weighted by Crippen LogP contribution is 2.21. The number of nitrogens with zero attached hydrogens (tertiary/aromatic N) is 3.